The molecule has 0 atom stereocenters. The van der Waals surface area contributed by atoms with E-state index in [4.69, 9.17) is 9.47 Å². The normalized spacial score (nSPS) is 10.7. The topological polar surface area (TPSA) is 30.5 Å². The van der Waals surface area contributed by atoms with Gasteiger partial charge in [0, 0.05) is 12.6 Å². The molecule has 112 valence electrons. The molecule has 1 N–H and O–H groups in total. The molecule has 3 nitrogen and oxygen atoms in total. The van der Waals surface area contributed by atoms with Crippen LogP contribution in [0.1, 0.15) is 19.4 Å². The van der Waals surface area contributed by atoms with Crippen molar-refractivity contribution in [2.24, 2.45) is 0 Å². The highest BCUT2D eigenvalue weighted by Gasteiger charge is 2.05. The molecule has 0 aliphatic rings. The van der Waals surface area contributed by atoms with Crippen molar-refractivity contribution in [1.29, 1.82) is 0 Å². The Morgan fingerprint density at radius 1 is 1.05 bits per heavy atom. The van der Waals surface area contributed by atoms with Crippen LogP contribution in [0.4, 0.5) is 0 Å². The number of hydrogen-bond donors (Lipinski definition) is 1. The monoisotopic (exact) mass is 349 g/mol. The molecule has 0 bridgehead atoms. The van der Waals surface area contributed by atoms with Crippen molar-refractivity contribution in [3.8, 4) is 17.2 Å². The molecular formula is C17H20BrNO2. The maximum atomic E-state index is 5.87. The summed E-state index contributed by atoms with van der Waals surface area (Å²) >= 11 is 3.49. The Hall–Kier alpha value is -1.52. The van der Waals surface area contributed by atoms with E-state index in [0.717, 1.165) is 28.3 Å². The van der Waals surface area contributed by atoms with Crippen molar-refractivity contribution in [3.63, 3.8) is 0 Å². The lowest BCUT2D eigenvalue weighted by Crippen LogP contribution is -2.21. The van der Waals surface area contributed by atoms with E-state index in [1.54, 1.807) is 7.11 Å². The van der Waals surface area contributed by atoms with E-state index in [-0.39, 0.29) is 0 Å². The number of ether oxygens (including phenoxy) is 2. The predicted molar refractivity (Wildman–Crippen MR) is 89.2 cm³/mol. The van der Waals surface area contributed by atoms with Crippen molar-refractivity contribution < 1.29 is 9.47 Å². The summed E-state index contributed by atoms with van der Waals surface area (Å²) in [6.45, 7) is 5.14. The third-order valence-electron chi connectivity index (χ3n) is 3.00. The second kappa shape index (κ2) is 7.48. The summed E-state index contributed by atoms with van der Waals surface area (Å²) in [4.78, 5) is 0. The minimum atomic E-state index is 0.483. The second-order valence-electron chi connectivity index (χ2n) is 5.08. The quantitative estimate of drug-likeness (QED) is 0.816. The van der Waals surface area contributed by atoms with Gasteiger partial charge in [0.25, 0.3) is 0 Å². The molecule has 0 radical (unpaired) electrons. The zero-order chi connectivity index (χ0) is 15.2. The Morgan fingerprint density at radius 2 is 1.71 bits per heavy atom. The molecule has 0 amide bonds. The third-order valence-corrected chi connectivity index (χ3v) is 3.62. The first-order valence-corrected chi connectivity index (χ1v) is 7.71. The van der Waals surface area contributed by atoms with Crippen molar-refractivity contribution in [2.45, 2.75) is 26.4 Å². The Morgan fingerprint density at radius 3 is 2.29 bits per heavy atom. The standard InChI is InChI=1S/C17H20BrNO2/c1-12(2)19-11-13-4-6-14(7-5-13)21-17-9-8-15(20-3)10-16(17)18/h4-10,12,19H,11H2,1-3H3. The molecule has 2 rings (SSSR count). The highest BCUT2D eigenvalue weighted by atomic mass is 79.9. The Balaban J connectivity index is 2.03. The number of methoxy groups -OCH3 is 1. The van der Waals surface area contributed by atoms with Gasteiger partial charge in [0.1, 0.15) is 17.2 Å². The van der Waals surface area contributed by atoms with Crippen LogP contribution in [-0.2, 0) is 6.54 Å². The van der Waals surface area contributed by atoms with Crippen LogP contribution in [0.15, 0.2) is 46.9 Å². The zero-order valence-corrected chi connectivity index (χ0v) is 14.1. The van der Waals surface area contributed by atoms with E-state index < -0.39 is 0 Å². The fraction of sp³-hybridized carbons (Fsp3) is 0.294. The van der Waals surface area contributed by atoms with Crippen LogP contribution < -0.4 is 14.8 Å². The van der Waals surface area contributed by atoms with Gasteiger partial charge in [-0.25, -0.2) is 0 Å². The van der Waals surface area contributed by atoms with Gasteiger partial charge < -0.3 is 14.8 Å². The molecule has 4 heteroatoms. The first-order chi connectivity index (χ1) is 10.1. The van der Waals surface area contributed by atoms with E-state index in [0.29, 0.717) is 6.04 Å². The maximum Gasteiger partial charge on any atom is 0.141 e. The van der Waals surface area contributed by atoms with Gasteiger partial charge in [-0.1, -0.05) is 26.0 Å². The van der Waals surface area contributed by atoms with Gasteiger partial charge in [-0.05, 0) is 51.8 Å². The van der Waals surface area contributed by atoms with Crippen LogP contribution in [-0.4, -0.2) is 13.2 Å². The molecule has 0 fully saturated rings. The van der Waals surface area contributed by atoms with E-state index >= 15 is 0 Å². The number of rotatable bonds is 6. The molecule has 0 saturated carbocycles. The molecule has 2 aromatic carbocycles. The fourth-order valence-corrected chi connectivity index (χ4v) is 2.25. The van der Waals surface area contributed by atoms with Crippen molar-refractivity contribution >= 4 is 15.9 Å². The molecule has 2 aromatic rings. The number of nitrogens with one attached hydrogen (secondary N) is 1. The van der Waals surface area contributed by atoms with Crippen molar-refractivity contribution in [2.75, 3.05) is 7.11 Å². The lowest BCUT2D eigenvalue weighted by Gasteiger charge is -2.11. The van der Waals surface area contributed by atoms with Gasteiger partial charge in [0.05, 0.1) is 11.6 Å². The van der Waals surface area contributed by atoms with E-state index in [1.807, 2.05) is 30.3 Å². The highest BCUT2D eigenvalue weighted by Crippen LogP contribution is 2.32. The summed E-state index contributed by atoms with van der Waals surface area (Å²) in [5, 5.41) is 3.39. The Bertz CT molecular complexity index is 582. The second-order valence-corrected chi connectivity index (χ2v) is 5.93. The summed E-state index contributed by atoms with van der Waals surface area (Å²) in [6, 6.07) is 14.2. The minimum absolute atomic E-state index is 0.483. The number of benzene rings is 2. The largest absolute Gasteiger partial charge is 0.497 e. The van der Waals surface area contributed by atoms with Gasteiger partial charge in [-0.2, -0.15) is 0 Å². The molecule has 0 saturated heterocycles. The minimum Gasteiger partial charge on any atom is -0.497 e. The average molecular weight is 350 g/mol. The van der Waals surface area contributed by atoms with Crippen LogP contribution in [0.3, 0.4) is 0 Å². The fourth-order valence-electron chi connectivity index (χ4n) is 1.82. The summed E-state index contributed by atoms with van der Waals surface area (Å²) in [7, 11) is 1.65. The summed E-state index contributed by atoms with van der Waals surface area (Å²) < 4.78 is 11.9. The van der Waals surface area contributed by atoms with Crippen LogP contribution in [0.5, 0.6) is 17.2 Å². The molecule has 0 aromatic heterocycles. The van der Waals surface area contributed by atoms with E-state index in [9.17, 15) is 0 Å². The lowest BCUT2D eigenvalue weighted by atomic mass is 10.2. The zero-order valence-electron chi connectivity index (χ0n) is 12.5. The van der Waals surface area contributed by atoms with Gasteiger partial charge >= 0.3 is 0 Å². The van der Waals surface area contributed by atoms with Gasteiger partial charge in [-0.15, -0.1) is 0 Å². The summed E-state index contributed by atoms with van der Waals surface area (Å²) in [5.74, 6) is 2.38. The molecule has 0 heterocycles. The Labute approximate surface area is 134 Å². The third kappa shape index (κ3) is 4.76. The molecule has 0 aliphatic heterocycles. The molecule has 21 heavy (non-hydrogen) atoms. The molecule has 0 aliphatic carbocycles. The first-order valence-electron chi connectivity index (χ1n) is 6.92. The number of hydrogen-bond acceptors (Lipinski definition) is 3. The summed E-state index contributed by atoms with van der Waals surface area (Å²) in [5.41, 5.74) is 1.24. The predicted octanol–water partition coefficient (Wildman–Crippen LogP) is 4.75. The smallest absolute Gasteiger partial charge is 0.141 e. The average Bonchev–Trinajstić information content (AvgIpc) is 2.48. The maximum absolute atomic E-state index is 5.87. The van der Waals surface area contributed by atoms with Gasteiger partial charge in [-0.3, -0.25) is 0 Å². The van der Waals surface area contributed by atoms with E-state index in [1.165, 1.54) is 5.56 Å². The molecular weight excluding hydrogens is 330 g/mol. The highest BCUT2D eigenvalue weighted by molar-refractivity contribution is 9.10. The Kier molecular flexibility index (Phi) is 5.65. The van der Waals surface area contributed by atoms with Crippen LogP contribution in [0.25, 0.3) is 0 Å². The van der Waals surface area contributed by atoms with Gasteiger partial charge in [0.2, 0.25) is 0 Å². The van der Waals surface area contributed by atoms with Gasteiger partial charge in [0.15, 0.2) is 0 Å². The van der Waals surface area contributed by atoms with E-state index in [2.05, 4.69) is 47.2 Å². The lowest BCUT2D eigenvalue weighted by molar-refractivity contribution is 0.412. The van der Waals surface area contributed by atoms with Crippen LogP contribution in [0, 0.1) is 0 Å². The molecule has 0 spiro atoms. The SMILES string of the molecule is COc1ccc(Oc2ccc(CNC(C)C)cc2)c(Br)c1. The summed E-state index contributed by atoms with van der Waals surface area (Å²) in [6.07, 6.45) is 0. The van der Waals surface area contributed by atoms with Crippen LogP contribution in [0.2, 0.25) is 0 Å². The first kappa shape index (κ1) is 15.9. The van der Waals surface area contributed by atoms with Crippen LogP contribution >= 0.6 is 15.9 Å². The van der Waals surface area contributed by atoms with Crippen molar-refractivity contribution in [1.82, 2.24) is 5.32 Å². The van der Waals surface area contributed by atoms with Crippen molar-refractivity contribution in [3.05, 3.63) is 52.5 Å². The molecule has 0 unspecified atom stereocenters. The number of halogens is 1.